The molecule has 12 heteroatoms. The van der Waals surface area contributed by atoms with Crippen LogP contribution in [0.15, 0.2) is 55.2 Å². The number of nitrogens with one attached hydrogen (secondary N) is 2. The molecule has 0 saturated carbocycles. The van der Waals surface area contributed by atoms with Gasteiger partial charge in [-0.3, -0.25) is 9.78 Å². The number of rotatable bonds is 6. The third-order valence-electron chi connectivity index (χ3n) is 4.40. The summed E-state index contributed by atoms with van der Waals surface area (Å²) in [5, 5.41) is 5.62. The Morgan fingerprint density at radius 3 is 2.44 bits per heavy atom. The molecule has 1 aromatic carbocycles. The highest BCUT2D eigenvalue weighted by molar-refractivity contribution is 5.93. The summed E-state index contributed by atoms with van der Waals surface area (Å²) in [6, 6.07) is 6.84. The molecule has 1 amide bonds. The molecule has 0 fully saturated rings. The summed E-state index contributed by atoms with van der Waals surface area (Å²) in [6.45, 7) is 0.450. The van der Waals surface area contributed by atoms with E-state index >= 15 is 0 Å². The number of amides is 1. The van der Waals surface area contributed by atoms with Crippen molar-refractivity contribution in [3.05, 3.63) is 66.5 Å². The summed E-state index contributed by atoms with van der Waals surface area (Å²) in [4.78, 5) is 24.4. The fraction of sp³-hybridized carbons (Fsp3) is 0.200. The number of aromatic nitrogens is 3. The first-order chi connectivity index (χ1) is 15.2. The average Bonchev–Trinajstić information content (AvgIpc) is 2.74. The molecule has 0 atom stereocenters. The Morgan fingerprint density at radius 2 is 1.69 bits per heavy atom. The van der Waals surface area contributed by atoms with Crippen molar-refractivity contribution >= 4 is 17.3 Å². The highest BCUT2D eigenvalue weighted by atomic mass is 19.3. The van der Waals surface area contributed by atoms with Crippen LogP contribution in [0.4, 0.5) is 28.9 Å². The van der Waals surface area contributed by atoms with Crippen molar-refractivity contribution in [3.63, 3.8) is 0 Å². The van der Waals surface area contributed by atoms with Gasteiger partial charge in [0.05, 0.1) is 24.0 Å². The van der Waals surface area contributed by atoms with Crippen LogP contribution in [0.5, 0.6) is 11.5 Å². The lowest BCUT2D eigenvalue weighted by atomic mass is 10.2. The Morgan fingerprint density at radius 1 is 0.969 bits per heavy atom. The lowest BCUT2D eigenvalue weighted by molar-refractivity contribution is -0.391. The zero-order valence-electron chi connectivity index (χ0n) is 16.2. The SMILES string of the molecule is O=C(Cc1ncncc1NCc1ccncc1)Nc1ccc2c(c1)OC(F)(F)C(F)(F)O2. The highest BCUT2D eigenvalue weighted by Gasteiger charge is 2.65. The van der Waals surface area contributed by atoms with Crippen molar-refractivity contribution < 1.29 is 31.8 Å². The number of hydrogen-bond acceptors (Lipinski definition) is 7. The maximum absolute atomic E-state index is 13.4. The van der Waals surface area contributed by atoms with Gasteiger partial charge in [-0.05, 0) is 29.8 Å². The third kappa shape index (κ3) is 4.53. The van der Waals surface area contributed by atoms with Crippen LogP contribution in [-0.4, -0.2) is 33.1 Å². The molecule has 0 radical (unpaired) electrons. The molecule has 4 rings (SSSR count). The second-order valence-electron chi connectivity index (χ2n) is 6.72. The summed E-state index contributed by atoms with van der Waals surface area (Å²) < 4.78 is 61.3. The monoisotopic (exact) mass is 449 g/mol. The Balaban J connectivity index is 1.43. The minimum Gasteiger partial charge on any atom is -0.421 e. The molecule has 166 valence electrons. The molecule has 3 aromatic rings. The van der Waals surface area contributed by atoms with Gasteiger partial charge < -0.3 is 20.1 Å². The van der Waals surface area contributed by atoms with Crippen LogP contribution >= 0.6 is 0 Å². The molecule has 0 bridgehead atoms. The Hall–Kier alpha value is -3.96. The number of nitrogens with zero attached hydrogens (tertiary/aromatic N) is 3. The Kier molecular flexibility index (Phi) is 5.51. The van der Waals surface area contributed by atoms with Crippen molar-refractivity contribution in [2.45, 2.75) is 25.2 Å². The molecule has 0 unspecified atom stereocenters. The van der Waals surface area contributed by atoms with E-state index < -0.39 is 29.6 Å². The summed E-state index contributed by atoms with van der Waals surface area (Å²) >= 11 is 0. The van der Waals surface area contributed by atoms with E-state index in [1.54, 1.807) is 12.4 Å². The van der Waals surface area contributed by atoms with E-state index in [0.29, 0.717) is 17.9 Å². The van der Waals surface area contributed by atoms with E-state index in [2.05, 4.69) is 35.1 Å². The highest BCUT2D eigenvalue weighted by Crippen LogP contribution is 2.47. The molecular formula is C20H15F4N5O3. The lowest BCUT2D eigenvalue weighted by Gasteiger charge is -2.31. The van der Waals surface area contributed by atoms with E-state index in [9.17, 15) is 22.4 Å². The molecule has 8 nitrogen and oxygen atoms in total. The second kappa shape index (κ2) is 8.29. The number of carbonyl (C=O) groups is 1. The first kappa shape index (κ1) is 21.3. The molecule has 0 spiro atoms. The summed E-state index contributed by atoms with van der Waals surface area (Å²) in [7, 11) is 0. The maximum atomic E-state index is 13.4. The van der Waals surface area contributed by atoms with Gasteiger partial charge in [-0.2, -0.15) is 17.6 Å². The first-order valence-corrected chi connectivity index (χ1v) is 9.23. The van der Waals surface area contributed by atoms with Gasteiger partial charge in [-0.25, -0.2) is 9.97 Å². The van der Waals surface area contributed by atoms with E-state index in [4.69, 9.17) is 0 Å². The summed E-state index contributed by atoms with van der Waals surface area (Å²) in [6.07, 6.45) is -3.72. The molecule has 0 aliphatic carbocycles. The summed E-state index contributed by atoms with van der Waals surface area (Å²) in [5.41, 5.74) is 1.94. The van der Waals surface area contributed by atoms with Crippen LogP contribution < -0.4 is 20.1 Å². The predicted molar refractivity (Wildman–Crippen MR) is 104 cm³/mol. The number of benzene rings is 1. The molecular weight excluding hydrogens is 434 g/mol. The molecule has 1 aliphatic rings. The van der Waals surface area contributed by atoms with Crippen molar-refractivity contribution in [2.75, 3.05) is 10.6 Å². The van der Waals surface area contributed by atoms with E-state index in [1.807, 2.05) is 12.1 Å². The van der Waals surface area contributed by atoms with Crippen molar-refractivity contribution in [1.82, 2.24) is 15.0 Å². The molecule has 2 aromatic heterocycles. The number of hydrogen-bond donors (Lipinski definition) is 2. The van der Waals surface area contributed by atoms with Gasteiger partial charge >= 0.3 is 12.2 Å². The largest absolute Gasteiger partial charge is 0.507 e. The molecule has 1 aliphatic heterocycles. The van der Waals surface area contributed by atoms with Crippen LogP contribution in [0.1, 0.15) is 11.3 Å². The van der Waals surface area contributed by atoms with E-state index in [0.717, 1.165) is 17.7 Å². The molecule has 2 N–H and O–H groups in total. The number of anilines is 2. The maximum Gasteiger partial charge on any atom is 0.507 e. The quantitative estimate of drug-likeness (QED) is 0.555. The lowest BCUT2D eigenvalue weighted by Crippen LogP contribution is -2.52. The Bertz CT molecular complexity index is 1130. The second-order valence-corrected chi connectivity index (χ2v) is 6.72. The van der Waals surface area contributed by atoms with Crippen molar-refractivity contribution in [1.29, 1.82) is 0 Å². The van der Waals surface area contributed by atoms with Gasteiger partial charge in [0, 0.05) is 30.7 Å². The van der Waals surface area contributed by atoms with Crippen LogP contribution in [0.3, 0.4) is 0 Å². The predicted octanol–water partition coefficient (Wildman–Crippen LogP) is 3.62. The van der Waals surface area contributed by atoms with E-state index in [-0.39, 0.29) is 12.1 Å². The van der Waals surface area contributed by atoms with Crippen molar-refractivity contribution in [3.8, 4) is 11.5 Å². The van der Waals surface area contributed by atoms with Gasteiger partial charge in [0.2, 0.25) is 5.91 Å². The topological polar surface area (TPSA) is 98.3 Å². The minimum absolute atomic E-state index is 0.0544. The van der Waals surface area contributed by atoms with Crippen LogP contribution in [-0.2, 0) is 17.8 Å². The fourth-order valence-corrected chi connectivity index (χ4v) is 2.84. The molecule has 3 heterocycles. The minimum atomic E-state index is -4.85. The van der Waals surface area contributed by atoms with E-state index in [1.165, 1.54) is 18.6 Å². The smallest absolute Gasteiger partial charge is 0.421 e. The Labute approximate surface area is 178 Å². The van der Waals surface area contributed by atoms with Crippen LogP contribution in [0.25, 0.3) is 0 Å². The first-order valence-electron chi connectivity index (χ1n) is 9.23. The number of ether oxygens (including phenoxy) is 2. The van der Waals surface area contributed by atoms with Gasteiger partial charge in [0.25, 0.3) is 0 Å². The zero-order valence-corrected chi connectivity index (χ0v) is 16.2. The van der Waals surface area contributed by atoms with Crippen LogP contribution in [0, 0.1) is 0 Å². The number of halogens is 4. The van der Waals surface area contributed by atoms with Gasteiger partial charge in [-0.15, -0.1) is 0 Å². The normalized spacial score (nSPS) is 15.6. The molecule has 32 heavy (non-hydrogen) atoms. The standard InChI is InChI=1S/C20H15F4N5O3/c21-19(22)20(23,24)32-17-7-13(1-2-16(17)31-19)29-18(30)8-14-15(10-26-11-28-14)27-9-12-3-5-25-6-4-12/h1-7,10-11,27H,8-9H2,(H,29,30). The number of alkyl halides is 4. The number of fused-ring (bicyclic) bond motifs is 1. The number of carbonyl (C=O) groups excluding carboxylic acids is 1. The number of pyridine rings is 1. The zero-order chi connectivity index (χ0) is 22.8. The summed E-state index contributed by atoms with van der Waals surface area (Å²) in [5.74, 6) is -1.72. The van der Waals surface area contributed by atoms with Gasteiger partial charge in [0.15, 0.2) is 11.5 Å². The van der Waals surface area contributed by atoms with Gasteiger partial charge in [0.1, 0.15) is 6.33 Å². The third-order valence-corrected chi connectivity index (χ3v) is 4.40. The fourth-order valence-electron chi connectivity index (χ4n) is 2.84. The van der Waals surface area contributed by atoms with Crippen LogP contribution in [0.2, 0.25) is 0 Å². The average molecular weight is 449 g/mol. The van der Waals surface area contributed by atoms with Crippen molar-refractivity contribution in [2.24, 2.45) is 0 Å². The molecule has 0 saturated heterocycles. The van der Waals surface area contributed by atoms with Gasteiger partial charge in [-0.1, -0.05) is 0 Å².